The predicted molar refractivity (Wildman–Crippen MR) is 89.0 cm³/mol. The van der Waals surface area contributed by atoms with E-state index in [-0.39, 0.29) is 6.79 Å². The third-order valence-electron chi connectivity index (χ3n) is 3.66. The predicted octanol–water partition coefficient (Wildman–Crippen LogP) is 2.95. The monoisotopic (exact) mass is 323 g/mol. The van der Waals surface area contributed by atoms with Crippen LogP contribution in [0.2, 0.25) is 0 Å². The smallest absolute Gasteiger partial charge is 0.242 e. The van der Waals surface area contributed by atoms with E-state index >= 15 is 0 Å². The van der Waals surface area contributed by atoms with E-state index in [2.05, 4.69) is 11.2 Å². The van der Waals surface area contributed by atoms with E-state index in [0.29, 0.717) is 18.0 Å². The van der Waals surface area contributed by atoms with Gasteiger partial charge in [-0.1, -0.05) is 18.2 Å². The standard InChI is InChI=1S/C18H17N3O3/c1-22-12-24-18-16-5-3-4-14(10-19)17(16)21(20-18)11-13-6-8-15(23-2)9-7-13/h3-9H,11-12H2,1-2H3. The maximum Gasteiger partial charge on any atom is 0.242 e. The summed E-state index contributed by atoms with van der Waals surface area (Å²) in [5.74, 6) is 1.25. The molecule has 0 N–H and O–H groups in total. The zero-order valence-electron chi connectivity index (χ0n) is 13.5. The number of ether oxygens (including phenoxy) is 3. The summed E-state index contributed by atoms with van der Waals surface area (Å²) in [6, 6.07) is 15.4. The third kappa shape index (κ3) is 3.03. The molecule has 24 heavy (non-hydrogen) atoms. The minimum absolute atomic E-state index is 0.103. The van der Waals surface area contributed by atoms with E-state index in [9.17, 15) is 5.26 Å². The van der Waals surface area contributed by atoms with Crippen LogP contribution in [0.25, 0.3) is 10.9 Å². The minimum atomic E-state index is 0.103. The van der Waals surface area contributed by atoms with Gasteiger partial charge in [0.2, 0.25) is 5.88 Å². The van der Waals surface area contributed by atoms with Crippen molar-refractivity contribution in [1.29, 1.82) is 5.26 Å². The van der Waals surface area contributed by atoms with E-state index in [4.69, 9.17) is 14.2 Å². The largest absolute Gasteiger partial charge is 0.497 e. The highest BCUT2D eigenvalue weighted by Gasteiger charge is 2.15. The molecule has 1 aromatic heterocycles. The average Bonchev–Trinajstić information content (AvgIpc) is 2.98. The van der Waals surface area contributed by atoms with Crippen molar-refractivity contribution < 1.29 is 14.2 Å². The highest BCUT2D eigenvalue weighted by atomic mass is 16.7. The van der Waals surface area contributed by atoms with Crippen LogP contribution in [0.3, 0.4) is 0 Å². The lowest BCUT2D eigenvalue weighted by atomic mass is 10.1. The summed E-state index contributed by atoms with van der Waals surface area (Å²) in [6.07, 6.45) is 0. The van der Waals surface area contributed by atoms with Crippen molar-refractivity contribution in [3.63, 3.8) is 0 Å². The Hall–Kier alpha value is -3.04. The van der Waals surface area contributed by atoms with Gasteiger partial charge in [0.15, 0.2) is 6.79 Å². The number of aromatic nitrogens is 2. The number of hydrogen-bond donors (Lipinski definition) is 0. The van der Waals surface area contributed by atoms with Gasteiger partial charge in [0, 0.05) is 7.11 Å². The maximum absolute atomic E-state index is 9.41. The minimum Gasteiger partial charge on any atom is -0.497 e. The summed E-state index contributed by atoms with van der Waals surface area (Å²) in [6.45, 7) is 0.626. The molecule has 3 rings (SSSR count). The molecule has 0 aliphatic rings. The number of nitriles is 1. The SMILES string of the molecule is COCOc1nn(Cc2ccc(OC)cc2)c2c(C#N)cccc12. The quantitative estimate of drug-likeness (QED) is 0.652. The zero-order valence-corrected chi connectivity index (χ0v) is 13.5. The van der Waals surface area contributed by atoms with Crippen molar-refractivity contribution in [2.24, 2.45) is 0 Å². The lowest BCUT2D eigenvalue weighted by Gasteiger charge is -2.06. The fourth-order valence-electron chi connectivity index (χ4n) is 2.54. The summed E-state index contributed by atoms with van der Waals surface area (Å²) in [5, 5.41) is 14.7. The first-order valence-electron chi connectivity index (χ1n) is 7.41. The van der Waals surface area contributed by atoms with E-state index < -0.39 is 0 Å². The Kier molecular flexibility index (Phi) is 4.64. The molecule has 0 saturated carbocycles. The lowest BCUT2D eigenvalue weighted by Crippen LogP contribution is -2.04. The first-order valence-corrected chi connectivity index (χ1v) is 7.41. The highest BCUT2D eigenvalue weighted by molar-refractivity contribution is 5.89. The third-order valence-corrected chi connectivity index (χ3v) is 3.66. The topological polar surface area (TPSA) is 69.3 Å². The molecule has 0 atom stereocenters. The molecule has 0 fully saturated rings. The summed E-state index contributed by atoms with van der Waals surface area (Å²) in [5.41, 5.74) is 2.36. The fraction of sp³-hybridized carbons (Fsp3) is 0.222. The van der Waals surface area contributed by atoms with Crippen LogP contribution in [0.1, 0.15) is 11.1 Å². The lowest BCUT2D eigenvalue weighted by molar-refractivity contribution is 0.0484. The molecule has 0 saturated heterocycles. The van der Waals surface area contributed by atoms with Crippen molar-refractivity contribution >= 4 is 10.9 Å². The molecule has 0 aliphatic heterocycles. The normalized spacial score (nSPS) is 10.5. The summed E-state index contributed by atoms with van der Waals surface area (Å²) in [4.78, 5) is 0. The average molecular weight is 323 g/mol. The second-order valence-corrected chi connectivity index (χ2v) is 5.18. The maximum atomic E-state index is 9.41. The first kappa shape index (κ1) is 15.8. The van der Waals surface area contributed by atoms with Gasteiger partial charge in [0.1, 0.15) is 11.8 Å². The zero-order chi connectivity index (χ0) is 16.9. The number of hydrogen-bond acceptors (Lipinski definition) is 5. The van der Waals surface area contributed by atoms with E-state index in [0.717, 1.165) is 22.2 Å². The van der Waals surface area contributed by atoms with Crippen molar-refractivity contribution in [2.45, 2.75) is 6.54 Å². The molecule has 6 heteroatoms. The van der Waals surface area contributed by atoms with Crippen LogP contribution in [0, 0.1) is 11.3 Å². The molecule has 3 aromatic rings. The van der Waals surface area contributed by atoms with E-state index in [1.165, 1.54) is 0 Å². The van der Waals surface area contributed by atoms with Crippen LogP contribution < -0.4 is 9.47 Å². The van der Waals surface area contributed by atoms with E-state index in [1.807, 2.05) is 36.4 Å². The molecule has 0 amide bonds. The molecule has 0 radical (unpaired) electrons. The molecule has 2 aromatic carbocycles. The van der Waals surface area contributed by atoms with Gasteiger partial charge in [-0.2, -0.15) is 5.26 Å². The summed E-state index contributed by atoms with van der Waals surface area (Å²) >= 11 is 0. The van der Waals surface area contributed by atoms with Crippen LogP contribution in [-0.4, -0.2) is 30.8 Å². The second-order valence-electron chi connectivity index (χ2n) is 5.18. The Morgan fingerprint density at radius 1 is 1.12 bits per heavy atom. The van der Waals surface area contributed by atoms with Crippen LogP contribution in [0.5, 0.6) is 11.6 Å². The highest BCUT2D eigenvalue weighted by Crippen LogP contribution is 2.28. The van der Waals surface area contributed by atoms with Gasteiger partial charge < -0.3 is 14.2 Å². The van der Waals surface area contributed by atoms with Gasteiger partial charge in [-0.05, 0) is 29.8 Å². The van der Waals surface area contributed by atoms with Crippen LogP contribution in [-0.2, 0) is 11.3 Å². The number of para-hydroxylation sites is 1. The molecule has 0 bridgehead atoms. The second kappa shape index (κ2) is 7.02. The Labute approximate surface area is 139 Å². The van der Waals surface area contributed by atoms with Crippen molar-refractivity contribution in [1.82, 2.24) is 9.78 Å². The number of nitrogens with zero attached hydrogens (tertiary/aromatic N) is 3. The Bertz CT molecular complexity index is 879. The molecular formula is C18H17N3O3. The summed E-state index contributed by atoms with van der Waals surface area (Å²) in [7, 11) is 3.19. The molecule has 122 valence electrons. The fourth-order valence-corrected chi connectivity index (χ4v) is 2.54. The number of rotatable bonds is 6. The molecular weight excluding hydrogens is 306 g/mol. The van der Waals surface area contributed by atoms with Gasteiger partial charge in [0.25, 0.3) is 0 Å². The molecule has 0 spiro atoms. The molecule has 0 aliphatic carbocycles. The first-order chi connectivity index (χ1) is 11.8. The van der Waals surface area contributed by atoms with Crippen molar-refractivity contribution in [3.05, 3.63) is 53.6 Å². The van der Waals surface area contributed by atoms with Crippen molar-refractivity contribution in [3.8, 4) is 17.7 Å². The van der Waals surface area contributed by atoms with Crippen molar-refractivity contribution in [2.75, 3.05) is 21.0 Å². The summed E-state index contributed by atoms with van der Waals surface area (Å²) < 4.78 is 17.4. The molecule has 0 unspecified atom stereocenters. The Balaban J connectivity index is 2.03. The molecule has 6 nitrogen and oxygen atoms in total. The van der Waals surface area contributed by atoms with Crippen LogP contribution in [0.15, 0.2) is 42.5 Å². The van der Waals surface area contributed by atoms with E-state index in [1.54, 1.807) is 25.0 Å². The van der Waals surface area contributed by atoms with Gasteiger partial charge in [-0.15, -0.1) is 5.10 Å². The van der Waals surface area contributed by atoms with Gasteiger partial charge in [-0.3, -0.25) is 4.68 Å². The Morgan fingerprint density at radius 3 is 2.58 bits per heavy atom. The number of benzene rings is 2. The molecule has 1 heterocycles. The van der Waals surface area contributed by atoms with Crippen LogP contribution >= 0.6 is 0 Å². The van der Waals surface area contributed by atoms with Gasteiger partial charge >= 0.3 is 0 Å². The number of fused-ring (bicyclic) bond motifs is 1. The Morgan fingerprint density at radius 2 is 1.92 bits per heavy atom. The van der Waals surface area contributed by atoms with Gasteiger partial charge in [0.05, 0.1) is 30.1 Å². The van der Waals surface area contributed by atoms with Gasteiger partial charge in [-0.25, -0.2) is 0 Å². The van der Waals surface area contributed by atoms with Crippen LogP contribution in [0.4, 0.5) is 0 Å². The number of methoxy groups -OCH3 is 2.